The van der Waals surface area contributed by atoms with E-state index in [4.69, 9.17) is 0 Å². The molecule has 0 spiro atoms. The average molecular weight is 292 g/mol. The van der Waals surface area contributed by atoms with Gasteiger partial charge in [-0.2, -0.15) is 0 Å². The van der Waals surface area contributed by atoms with Crippen LogP contribution in [0, 0.1) is 11.2 Å². The van der Waals surface area contributed by atoms with Gasteiger partial charge >= 0.3 is 0 Å². The Labute approximate surface area is 126 Å². The number of nitrogens with one attached hydrogen (secondary N) is 2. The van der Waals surface area contributed by atoms with E-state index in [1.165, 1.54) is 25.3 Å². The minimum absolute atomic E-state index is 0.180. The number of amides is 1. The molecule has 1 aromatic rings. The van der Waals surface area contributed by atoms with E-state index in [1.54, 1.807) is 12.1 Å². The van der Waals surface area contributed by atoms with Crippen LogP contribution in [0.25, 0.3) is 0 Å². The van der Waals surface area contributed by atoms with Gasteiger partial charge in [0.2, 0.25) is 0 Å². The highest BCUT2D eigenvalue weighted by atomic mass is 19.1. The fourth-order valence-electron chi connectivity index (χ4n) is 3.04. The van der Waals surface area contributed by atoms with Gasteiger partial charge in [-0.05, 0) is 37.3 Å². The lowest BCUT2D eigenvalue weighted by molar-refractivity contribution is 0.0919. The number of carbonyl (C=O) groups is 1. The van der Waals surface area contributed by atoms with Crippen molar-refractivity contribution in [2.75, 3.05) is 18.4 Å². The second-order valence-corrected chi connectivity index (χ2v) is 6.25. The summed E-state index contributed by atoms with van der Waals surface area (Å²) < 4.78 is 13.8. The summed E-state index contributed by atoms with van der Waals surface area (Å²) in [4.78, 5) is 12.4. The first-order chi connectivity index (χ1) is 10.1. The number of para-hydroxylation sites is 1. The zero-order valence-corrected chi connectivity index (χ0v) is 13.0. The number of hydrogen-bond acceptors (Lipinski definition) is 2. The van der Waals surface area contributed by atoms with Crippen LogP contribution in [-0.2, 0) is 0 Å². The molecule has 0 unspecified atom stereocenters. The van der Waals surface area contributed by atoms with Crippen LogP contribution in [0.5, 0.6) is 0 Å². The molecule has 1 aromatic carbocycles. The van der Waals surface area contributed by atoms with Crippen LogP contribution in [0.3, 0.4) is 0 Å². The number of rotatable bonds is 5. The lowest BCUT2D eigenvalue weighted by Crippen LogP contribution is -2.37. The largest absolute Gasteiger partial charge is 0.382 e. The minimum Gasteiger partial charge on any atom is -0.382 e. The third-order valence-electron chi connectivity index (χ3n) is 4.35. The van der Waals surface area contributed by atoms with Gasteiger partial charge in [0.05, 0.1) is 11.3 Å². The summed E-state index contributed by atoms with van der Waals surface area (Å²) in [7, 11) is 0. The SMILES string of the molecule is CCNc1c(F)cccc1C(=O)NCC1(C)CCCCC1. The molecule has 2 N–H and O–H groups in total. The van der Waals surface area contributed by atoms with Crippen molar-refractivity contribution in [3.63, 3.8) is 0 Å². The van der Waals surface area contributed by atoms with Gasteiger partial charge in [-0.1, -0.05) is 32.3 Å². The molecular weight excluding hydrogens is 267 g/mol. The summed E-state index contributed by atoms with van der Waals surface area (Å²) in [5.74, 6) is -0.578. The molecule has 0 aliphatic heterocycles. The number of carbonyl (C=O) groups excluding carboxylic acids is 1. The molecule has 0 heterocycles. The molecule has 2 rings (SSSR count). The van der Waals surface area contributed by atoms with Crippen molar-refractivity contribution in [3.8, 4) is 0 Å². The molecule has 1 saturated carbocycles. The van der Waals surface area contributed by atoms with Crippen molar-refractivity contribution in [2.24, 2.45) is 5.41 Å². The quantitative estimate of drug-likeness (QED) is 0.862. The molecule has 0 bridgehead atoms. The van der Waals surface area contributed by atoms with Crippen LogP contribution in [0.2, 0.25) is 0 Å². The Balaban J connectivity index is 2.05. The molecule has 1 aliphatic carbocycles. The van der Waals surface area contributed by atoms with Crippen molar-refractivity contribution < 1.29 is 9.18 Å². The number of halogens is 1. The van der Waals surface area contributed by atoms with Crippen LogP contribution in [-0.4, -0.2) is 19.0 Å². The van der Waals surface area contributed by atoms with Gasteiger partial charge in [-0.25, -0.2) is 4.39 Å². The standard InChI is InChI=1S/C17H25FN2O/c1-3-19-15-13(8-7-9-14(15)18)16(21)20-12-17(2)10-5-4-6-11-17/h7-9,19H,3-6,10-12H2,1-2H3,(H,20,21). The molecule has 1 amide bonds. The molecule has 3 nitrogen and oxygen atoms in total. The summed E-state index contributed by atoms with van der Waals surface area (Å²) in [6, 6.07) is 4.62. The van der Waals surface area contributed by atoms with Crippen LogP contribution in [0.1, 0.15) is 56.3 Å². The van der Waals surface area contributed by atoms with E-state index in [9.17, 15) is 9.18 Å². The maximum Gasteiger partial charge on any atom is 0.253 e. The Morgan fingerprint density at radius 3 is 2.67 bits per heavy atom. The molecular formula is C17H25FN2O. The fourth-order valence-corrected chi connectivity index (χ4v) is 3.04. The van der Waals surface area contributed by atoms with Crippen molar-refractivity contribution >= 4 is 11.6 Å². The van der Waals surface area contributed by atoms with Gasteiger partial charge in [0.15, 0.2) is 0 Å². The topological polar surface area (TPSA) is 41.1 Å². The third kappa shape index (κ3) is 3.96. The normalized spacial score (nSPS) is 17.3. The van der Waals surface area contributed by atoms with Crippen molar-refractivity contribution in [3.05, 3.63) is 29.6 Å². The monoisotopic (exact) mass is 292 g/mol. The third-order valence-corrected chi connectivity index (χ3v) is 4.35. The Bertz CT molecular complexity index is 496. The van der Waals surface area contributed by atoms with E-state index in [0.29, 0.717) is 24.3 Å². The molecule has 1 fully saturated rings. The van der Waals surface area contributed by atoms with Crippen molar-refractivity contribution in [2.45, 2.75) is 46.0 Å². The van der Waals surface area contributed by atoms with E-state index in [2.05, 4.69) is 17.6 Å². The first-order valence-corrected chi connectivity index (χ1v) is 7.86. The van der Waals surface area contributed by atoms with Gasteiger partial charge in [0.1, 0.15) is 5.82 Å². The number of benzene rings is 1. The molecule has 4 heteroatoms. The van der Waals surface area contributed by atoms with Gasteiger partial charge < -0.3 is 10.6 Å². The predicted molar refractivity (Wildman–Crippen MR) is 84.1 cm³/mol. The van der Waals surface area contributed by atoms with Crippen LogP contribution in [0.4, 0.5) is 10.1 Å². The lowest BCUT2D eigenvalue weighted by atomic mass is 9.76. The van der Waals surface area contributed by atoms with Crippen LogP contribution in [0.15, 0.2) is 18.2 Å². The number of anilines is 1. The van der Waals surface area contributed by atoms with Crippen LogP contribution < -0.4 is 10.6 Å². The zero-order valence-electron chi connectivity index (χ0n) is 13.0. The lowest BCUT2D eigenvalue weighted by Gasteiger charge is -2.33. The van der Waals surface area contributed by atoms with E-state index >= 15 is 0 Å². The second-order valence-electron chi connectivity index (χ2n) is 6.25. The van der Waals surface area contributed by atoms with E-state index in [1.807, 2.05) is 6.92 Å². The summed E-state index contributed by atoms with van der Waals surface area (Å²) >= 11 is 0. The van der Waals surface area contributed by atoms with Crippen LogP contribution >= 0.6 is 0 Å². The summed E-state index contributed by atoms with van der Waals surface area (Å²) in [5, 5.41) is 5.93. The maximum atomic E-state index is 13.8. The van der Waals surface area contributed by atoms with Gasteiger partial charge in [-0.15, -0.1) is 0 Å². The van der Waals surface area contributed by atoms with E-state index in [0.717, 1.165) is 12.8 Å². The Kier molecular flexibility index (Phi) is 5.21. The Morgan fingerprint density at radius 1 is 1.29 bits per heavy atom. The molecule has 0 saturated heterocycles. The van der Waals surface area contributed by atoms with E-state index < -0.39 is 0 Å². The predicted octanol–water partition coefficient (Wildman–Crippen LogP) is 3.96. The van der Waals surface area contributed by atoms with Crippen molar-refractivity contribution in [1.82, 2.24) is 5.32 Å². The first-order valence-electron chi connectivity index (χ1n) is 7.86. The fraction of sp³-hybridized carbons (Fsp3) is 0.588. The summed E-state index contributed by atoms with van der Waals surface area (Å²) in [6.07, 6.45) is 6.05. The highest BCUT2D eigenvalue weighted by Gasteiger charge is 2.27. The Morgan fingerprint density at radius 2 is 2.00 bits per heavy atom. The summed E-state index contributed by atoms with van der Waals surface area (Å²) in [5.41, 5.74) is 0.863. The number of hydrogen-bond donors (Lipinski definition) is 2. The summed E-state index contributed by atoms with van der Waals surface area (Å²) in [6.45, 7) is 5.35. The van der Waals surface area contributed by atoms with E-state index in [-0.39, 0.29) is 17.1 Å². The molecule has 0 atom stereocenters. The van der Waals surface area contributed by atoms with Gasteiger partial charge in [0, 0.05) is 13.1 Å². The smallest absolute Gasteiger partial charge is 0.253 e. The Hall–Kier alpha value is -1.58. The maximum absolute atomic E-state index is 13.8. The highest BCUT2D eigenvalue weighted by Crippen LogP contribution is 2.35. The molecule has 0 radical (unpaired) electrons. The molecule has 1 aliphatic rings. The van der Waals surface area contributed by atoms with Crippen molar-refractivity contribution in [1.29, 1.82) is 0 Å². The first kappa shape index (κ1) is 15.8. The molecule has 0 aromatic heterocycles. The molecule has 116 valence electrons. The van der Waals surface area contributed by atoms with Gasteiger partial charge in [-0.3, -0.25) is 4.79 Å². The van der Waals surface area contributed by atoms with Gasteiger partial charge in [0.25, 0.3) is 5.91 Å². The molecule has 21 heavy (non-hydrogen) atoms. The second kappa shape index (κ2) is 6.92. The highest BCUT2D eigenvalue weighted by molar-refractivity contribution is 5.99. The zero-order chi connectivity index (χ0) is 15.3. The average Bonchev–Trinajstić information content (AvgIpc) is 2.48. The minimum atomic E-state index is -0.381.